The fourth-order valence-electron chi connectivity index (χ4n) is 3.39. The van der Waals surface area contributed by atoms with Gasteiger partial charge in [-0.3, -0.25) is 9.69 Å². The molecule has 1 amide bonds. The molecule has 6 nitrogen and oxygen atoms in total. The summed E-state index contributed by atoms with van der Waals surface area (Å²) in [6.45, 7) is 10.7. The van der Waals surface area contributed by atoms with Crippen molar-refractivity contribution in [1.29, 1.82) is 0 Å². The van der Waals surface area contributed by atoms with Gasteiger partial charge in [-0.25, -0.2) is 4.98 Å². The van der Waals surface area contributed by atoms with Crippen LogP contribution in [0.2, 0.25) is 0 Å². The number of benzene rings is 1. The van der Waals surface area contributed by atoms with E-state index < -0.39 is 0 Å². The molecule has 1 aliphatic rings. The number of nitrogens with zero attached hydrogens (tertiary/aromatic N) is 3. The van der Waals surface area contributed by atoms with E-state index in [0.717, 1.165) is 48.9 Å². The number of aromatic nitrogens is 1. The molecule has 0 spiro atoms. The van der Waals surface area contributed by atoms with Crippen LogP contribution in [0.3, 0.4) is 0 Å². The summed E-state index contributed by atoms with van der Waals surface area (Å²) in [5, 5.41) is 5.96. The van der Waals surface area contributed by atoms with E-state index in [1.165, 1.54) is 0 Å². The minimum Gasteiger partial charge on any atom is -0.373 e. The molecule has 2 N–H and O–H groups in total. The SMILES string of the molecule is CNc1ccc(C(=O)Nc2cc(C)cc(N3CCN(C(C)C)CC3)c2)cn1. The molecule has 0 saturated carbocycles. The molecule has 1 aromatic carbocycles. The Hall–Kier alpha value is -2.60. The molecule has 2 heterocycles. The van der Waals surface area contributed by atoms with Crippen LogP contribution in [0.25, 0.3) is 0 Å². The van der Waals surface area contributed by atoms with E-state index in [0.29, 0.717) is 11.6 Å². The summed E-state index contributed by atoms with van der Waals surface area (Å²) in [4.78, 5) is 21.6. The van der Waals surface area contributed by atoms with Crippen LogP contribution in [-0.4, -0.2) is 55.1 Å². The average molecular weight is 367 g/mol. The predicted molar refractivity (Wildman–Crippen MR) is 112 cm³/mol. The highest BCUT2D eigenvalue weighted by molar-refractivity contribution is 6.04. The zero-order valence-electron chi connectivity index (χ0n) is 16.6. The lowest BCUT2D eigenvalue weighted by atomic mass is 10.1. The van der Waals surface area contributed by atoms with Gasteiger partial charge in [0.15, 0.2) is 0 Å². The third kappa shape index (κ3) is 4.77. The molecule has 1 saturated heterocycles. The summed E-state index contributed by atoms with van der Waals surface area (Å²) in [7, 11) is 1.80. The van der Waals surface area contributed by atoms with Gasteiger partial charge in [0, 0.05) is 56.8 Å². The van der Waals surface area contributed by atoms with Crippen molar-refractivity contribution in [3.63, 3.8) is 0 Å². The number of carbonyl (C=O) groups is 1. The number of piperazine rings is 1. The molecule has 3 rings (SSSR count). The van der Waals surface area contributed by atoms with Gasteiger partial charge in [0.25, 0.3) is 5.91 Å². The Labute approximate surface area is 161 Å². The highest BCUT2D eigenvalue weighted by Crippen LogP contribution is 2.24. The van der Waals surface area contributed by atoms with E-state index in [1.807, 2.05) is 6.07 Å². The summed E-state index contributed by atoms with van der Waals surface area (Å²) in [5.74, 6) is 0.594. The molecule has 2 aromatic rings. The zero-order chi connectivity index (χ0) is 19.4. The van der Waals surface area contributed by atoms with Crippen molar-refractivity contribution in [1.82, 2.24) is 9.88 Å². The van der Waals surface area contributed by atoms with Gasteiger partial charge in [-0.05, 0) is 56.7 Å². The van der Waals surface area contributed by atoms with Crippen LogP contribution >= 0.6 is 0 Å². The summed E-state index contributed by atoms with van der Waals surface area (Å²) < 4.78 is 0. The lowest BCUT2D eigenvalue weighted by Gasteiger charge is -2.38. The zero-order valence-corrected chi connectivity index (χ0v) is 16.6. The molecule has 0 radical (unpaired) electrons. The molecule has 0 aliphatic carbocycles. The van der Waals surface area contributed by atoms with Gasteiger partial charge >= 0.3 is 0 Å². The van der Waals surface area contributed by atoms with Gasteiger partial charge in [0.05, 0.1) is 5.56 Å². The molecule has 6 heteroatoms. The molecule has 1 fully saturated rings. The molecule has 0 bridgehead atoms. The average Bonchev–Trinajstić information content (AvgIpc) is 2.67. The van der Waals surface area contributed by atoms with Crippen LogP contribution in [0.15, 0.2) is 36.5 Å². The number of carbonyl (C=O) groups excluding carboxylic acids is 1. The second-order valence-electron chi connectivity index (χ2n) is 7.31. The maximum atomic E-state index is 12.5. The Morgan fingerprint density at radius 3 is 2.44 bits per heavy atom. The van der Waals surface area contributed by atoms with E-state index in [9.17, 15) is 4.79 Å². The summed E-state index contributed by atoms with van der Waals surface area (Å²) in [6.07, 6.45) is 1.59. The first-order valence-corrected chi connectivity index (χ1v) is 9.52. The Kier molecular flexibility index (Phi) is 5.96. The van der Waals surface area contributed by atoms with Gasteiger partial charge < -0.3 is 15.5 Å². The molecular formula is C21H29N5O. The summed E-state index contributed by atoms with van der Waals surface area (Å²) >= 11 is 0. The second-order valence-corrected chi connectivity index (χ2v) is 7.31. The van der Waals surface area contributed by atoms with Crippen molar-refractivity contribution in [3.05, 3.63) is 47.7 Å². The fourth-order valence-corrected chi connectivity index (χ4v) is 3.39. The second kappa shape index (κ2) is 8.39. The van der Waals surface area contributed by atoms with Crippen LogP contribution in [0.1, 0.15) is 29.8 Å². The first-order valence-electron chi connectivity index (χ1n) is 9.52. The van der Waals surface area contributed by atoms with Gasteiger partial charge in [-0.1, -0.05) is 0 Å². The van der Waals surface area contributed by atoms with Crippen LogP contribution in [0.5, 0.6) is 0 Å². The van der Waals surface area contributed by atoms with Crippen molar-refractivity contribution in [2.45, 2.75) is 26.8 Å². The first-order chi connectivity index (χ1) is 13.0. The first kappa shape index (κ1) is 19.2. The van der Waals surface area contributed by atoms with Crippen molar-refractivity contribution >= 4 is 23.1 Å². The number of pyridine rings is 1. The van der Waals surface area contributed by atoms with Gasteiger partial charge in [0.1, 0.15) is 5.82 Å². The highest BCUT2D eigenvalue weighted by Gasteiger charge is 2.19. The van der Waals surface area contributed by atoms with Crippen LogP contribution in [0, 0.1) is 6.92 Å². The maximum Gasteiger partial charge on any atom is 0.257 e. The number of anilines is 3. The number of amides is 1. The number of hydrogen-bond donors (Lipinski definition) is 2. The molecule has 1 aromatic heterocycles. The van der Waals surface area contributed by atoms with Crippen molar-refractivity contribution in [2.75, 3.05) is 48.8 Å². The Balaban J connectivity index is 1.70. The topological polar surface area (TPSA) is 60.5 Å². The Morgan fingerprint density at radius 1 is 1.11 bits per heavy atom. The number of hydrogen-bond acceptors (Lipinski definition) is 5. The monoisotopic (exact) mass is 367 g/mol. The molecule has 1 aliphatic heterocycles. The predicted octanol–water partition coefficient (Wildman–Crippen LogP) is 3.21. The summed E-state index contributed by atoms with van der Waals surface area (Å²) in [5.41, 5.74) is 3.66. The van der Waals surface area contributed by atoms with E-state index in [1.54, 1.807) is 25.4 Å². The van der Waals surface area contributed by atoms with Gasteiger partial charge in [-0.15, -0.1) is 0 Å². The lowest BCUT2D eigenvalue weighted by Crippen LogP contribution is -2.48. The van der Waals surface area contributed by atoms with Crippen molar-refractivity contribution < 1.29 is 4.79 Å². The summed E-state index contributed by atoms with van der Waals surface area (Å²) in [6, 6.07) is 10.4. The minimum absolute atomic E-state index is 0.147. The van der Waals surface area contributed by atoms with Crippen molar-refractivity contribution in [2.24, 2.45) is 0 Å². The Morgan fingerprint density at radius 2 is 1.85 bits per heavy atom. The number of nitrogens with one attached hydrogen (secondary N) is 2. The van der Waals surface area contributed by atoms with Crippen LogP contribution in [0.4, 0.5) is 17.2 Å². The van der Waals surface area contributed by atoms with E-state index in [4.69, 9.17) is 0 Å². The Bertz CT molecular complexity index is 780. The fraction of sp³-hybridized carbons (Fsp3) is 0.429. The smallest absolute Gasteiger partial charge is 0.257 e. The van der Waals surface area contributed by atoms with E-state index >= 15 is 0 Å². The maximum absolute atomic E-state index is 12.5. The molecule has 0 unspecified atom stereocenters. The third-order valence-corrected chi connectivity index (χ3v) is 5.01. The van der Waals surface area contributed by atoms with Gasteiger partial charge in [-0.2, -0.15) is 0 Å². The molecule has 0 atom stereocenters. The number of rotatable bonds is 5. The third-order valence-electron chi connectivity index (χ3n) is 5.01. The lowest BCUT2D eigenvalue weighted by molar-refractivity contribution is 0.102. The standard InChI is InChI=1S/C21H29N5O/c1-15(2)25-7-9-26(10-8-25)19-12-16(3)11-18(13-19)24-21(27)17-5-6-20(22-4)23-14-17/h5-6,11-15H,7-10H2,1-4H3,(H,22,23)(H,24,27). The molecular weight excluding hydrogens is 338 g/mol. The van der Waals surface area contributed by atoms with Crippen LogP contribution < -0.4 is 15.5 Å². The normalized spacial score (nSPS) is 15.1. The highest BCUT2D eigenvalue weighted by atomic mass is 16.1. The molecule has 27 heavy (non-hydrogen) atoms. The quantitative estimate of drug-likeness (QED) is 0.850. The van der Waals surface area contributed by atoms with Gasteiger partial charge in [0.2, 0.25) is 0 Å². The number of aryl methyl sites for hydroxylation is 1. The van der Waals surface area contributed by atoms with Crippen LogP contribution in [-0.2, 0) is 0 Å². The van der Waals surface area contributed by atoms with Crippen molar-refractivity contribution in [3.8, 4) is 0 Å². The van der Waals surface area contributed by atoms with E-state index in [-0.39, 0.29) is 5.91 Å². The largest absolute Gasteiger partial charge is 0.373 e. The minimum atomic E-state index is -0.147. The van der Waals surface area contributed by atoms with E-state index in [2.05, 4.69) is 58.3 Å². The molecule has 144 valence electrons.